The van der Waals surface area contributed by atoms with E-state index in [1.807, 2.05) is 0 Å². The maximum atomic E-state index is 10.8. The van der Waals surface area contributed by atoms with E-state index in [4.69, 9.17) is 0 Å². The van der Waals surface area contributed by atoms with Gasteiger partial charge in [-0.2, -0.15) is 0 Å². The van der Waals surface area contributed by atoms with E-state index >= 15 is 0 Å². The highest BCUT2D eigenvalue weighted by Crippen LogP contribution is 2.07. The van der Waals surface area contributed by atoms with Crippen molar-refractivity contribution in [2.75, 3.05) is 7.11 Å². The number of amides is 1. The number of alkyl carbamates (subject to hydrolysis) is 1. The fraction of sp³-hybridized carbons (Fsp3) is 0.222. The van der Waals surface area contributed by atoms with E-state index in [1.165, 1.54) is 13.3 Å². The molecule has 0 saturated heterocycles. The normalized spacial score (nSPS) is 11.5. The molecule has 1 N–H and O–H groups in total. The molecule has 5 nitrogen and oxygen atoms in total. The standard InChI is InChI=1S/C9H10N2O3/c1-14-9(13)11-8(6-12)7-3-2-4-10-5-7/h2-6,8H,1H3,(H,11,13). The molecule has 1 aromatic heterocycles. The van der Waals surface area contributed by atoms with Gasteiger partial charge in [-0.15, -0.1) is 0 Å². The number of ether oxygens (including phenoxy) is 1. The Hall–Kier alpha value is -1.91. The van der Waals surface area contributed by atoms with Gasteiger partial charge in [0, 0.05) is 12.4 Å². The Bertz CT molecular complexity index is 313. The van der Waals surface area contributed by atoms with Gasteiger partial charge in [0.05, 0.1) is 7.11 Å². The number of aldehydes is 1. The van der Waals surface area contributed by atoms with Gasteiger partial charge in [0.1, 0.15) is 12.3 Å². The lowest BCUT2D eigenvalue weighted by Gasteiger charge is -2.10. The lowest BCUT2D eigenvalue weighted by Crippen LogP contribution is -2.29. The van der Waals surface area contributed by atoms with Crippen LogP contribution < -0.4 is 5.32 Å². The molecule has 5 heteroatoms. The maximum absolute atomic E-state index is 10.8. The van der Waals surface area contributed by atoms with Gasteiger partial charge < -0.3 is 14.8 Å². The van der Waals surface area contributed by atoms with Crippen molar-refractivity contribution in [3.05, 3.63) is 30.1 Å². The van der Waals surface area contributed by atoms with Crippen molar-refractivity contribution in [3.63, 3.8) is 0 Å². The van der Waals surface area contributed by atoms with Gasteiger partial charge in [-0.1, -0.05) is 6.07 Å². The Labute approximate surface area is 81.1 Å². The zero-order valence-electron chi connectivity index (χ0n) is 7.64. The van der Waals surface area contributed by atoms with Gasteiger partial charge in [-0.05, 0) is 11.6 Å². The highest BCUT2D eigenvalue weighted by atomic mass is 16.5. The minimum Gasteiger partial charge on any atom is -0.453 e. The zero-order chi connectivity index (χ0) is 10.4. The van der Waals surface area contributed by atoms with E-state index in [0.29, 0.717) is 11.8 Å². The Morgan fingerprint density at radius 1 is 1.71 bits per heavy atom. The SMILES string of the molecule is COC(=O)NC(C=O)c1cccnc1. The third-order valence-corrected chi connectivity index (χ3v) is 1.64. The first-order valence-electron chi connectivity index (χ1n) is 3.97. The summed E-state index contributed by atoms with van der Waals surface area (Å²) in [5, 5.41) is 2.36. The number of carbonyl (C=O) groups excluding carboxylic acids is 2. The van der Waals surface area contributed by atoms with Crippen LogP contribution in [0.25, 0.3) is 0 Å². The molecule has 0 radical (unpaired) electrons. The Morgan fingerprint density at radius 2 is 2.50 bits per heavy atom. The number of nitrogens with zero attached hydrogens (tertiary/aromatic N) is 1. The fourth-order valence-electron chi connectivity index (χ4n) is 0.942. The summed E-state index contributed by atoms with van der Waals surface area (Å²) in [5.74, 6) is 0. The van der Waals surface area contributed by atoms with Crippen molar-refractivity contribution in [2.45, 2.75) is 6.04 Å². The zero-order valence-corrected chi connectivity index (χ0v) is 7.64. The minimum atomic E-state index is -0.712. The number of hydrogen-bond acceptors (Lipinski definition) is 4. The third kappa shape index (κ3) is 2.55. The van der Waals surface area contributed by atoms with Crippen molar-refractivity contribution in [1.82, 2.24) is 10.3 Å². The molecular weight excluding hydrogens is 184 g/mol. The summed E-state index contributed by atoms with van der Waals surface area (Å²) in [6.07, 6.45) is 3.07. The summed E-state index contributed by atoms with van der Waals surface area (Å²) < 4.78 is 4.37. The molecule has 1 unspecified atom stereocenters. The fourth-order valence-corrected chi connectivity index (χ4v) is 0.942. The predicted molar refractivity (Wildman–Crippen MR) is 48.6 cm³/mol. The minimum absolute atomic E-state index is 0.618. The van der Waals surface area contributed by atoms with Gasteiger partial charge in [0.25, 0.3) is 0 Å². The topological polar surface area (TPSA) is 68.3 Å². The van der Waals surface area contributed by atoms with Crippen LogP contribution in [0.1, 0.15) is 11.6 Å². The van der Waals surface area contributed by atoms with Gasteiger partial charge in [-0.3, -0.25) is 4.98 Å². The summed E-state index contributed by atoms with van der Waals surface area (Å²) in [7, 11) is 1.24. The lowest BCUT2D eigenvalue weighted by atomic mass is 10.1. The molecule has 0 bridgehead atoms. The highest BCUT2D eigenvalue weighted by Gasteiger charge is 2.13. The van der Waals surface area contributed by atoms with E-state index in [0.717, 1.165) is 0 Å². The molecule has 0 aliphatic heterocycles. The molecule has 0 aliphatic rings. The largest absolute Gasteiger partial charge is 0.453 e. The van der Waals surface area contributed by atoms with Crippen molar-refractivity contribution in [3.8, 4) is 0 Å². The molecule has 1 rings (SSSR count). The van der Waals surface area contributed by atoms with Crippen molar-refractivity contribution >= 4 is 12.4 Å². The van der Waals surface area contributed by atoms with Crippen LogP contribution in [0, 0.1) is 0 Å². The average Bonchev–Trinajstić information content (AvgIpc) is 2.26. The number of rotatable bonds is 3. The lowest BCUT2D eigenvalue weighted by molar-refractivity contribution is -0.109. The van der Waals surface area contributed by atoms with Crippen LogP contribution in [0.3, 0.4) is 0 Å². The van der Waals surface area contributed by atoms with E-state index in [1.54, 1.807) is 18.3 Å². The van der Waals surface area contributed by atoms with Gasteiger partial charge in [-0.25, -0.2) is 4.79 Å². The molecule has 0 aromatic carbocycles. The quantitative estimate of drug-likeness (QED) is 0.718. The average molecular weight is 194 g/mol. The molecule has 0 fully saturated rings. The van der Waals surface area contributed by atoms with E-state index in [-0.39, 0.29) is 0 Å². The molecule has 1 heterocycles. The predicted octanol–water partition coefficient (Wildman–Crippen LogP) is 0.678. The maximum Gasteiger partial charge on any atom is 0.407 e. The summed E-state index contributed by atoms with van der Waals surface area (Å²) in [6, 6.07) is 2.67. The van der Waals surface area contributed by atoms with Crippen LogP contribution in [0.15, 0.2) is 24.5 Å². The highest BCUT2D eigenvalue weighted by molar-refractivity contribution is 5.74. The van der Waals surface area contributed by atoms with Gasteiger partial charge in [0.15, 0.2) is 0 Å². The van der Waals surface area contributed by atoms with Gasteiger partial charge >= 0.3 is 6.09 Å². The van der Waals surface area contributed by atoms with Crippen LogP contribution in [0.4, 0.5) is 4.79 Å². The Morgan fingerprint density at radius 3 is 3.00 bits per heavy atom. The van der Waals surface area contributed by atoms with E-state index in [2.05, 4.69) is 15.0 Å². The van der Waals surface area contributed by atoms with Crippen LogP contribution in [0.5, 0.6) is 0 Å². The second kappa shape index (κ2) is 4.96. The monoisotopic (exact) mass is 194 g/mol. The Kier molecular flexibility index (Phi) is 3.60. The van der Waals surface area contributed by atoms with Crippen molar-refractivity contribution < 1.29 is 14.3 Å². The van der Waals surface area contributed by atoms with Crippen molar-refractivity contribution in [2.24, 2.45) is 0 Å². The van der Waals surface area contributed by atoms with E-state index in [9.17, 15) is 9.59 Å². The first-order chi connectivity index (χ1) is 6.77. The first kappa shape index (κ1) is 10.2. The molecule has 1 atom stereocenters. The number of pyridine rings is 1. The Balaban J connectivity index is 2.73. The summed E-state index contributed by atoms with van der Waals surface area (Å²) in [4.78, 5) is 25.3. The third-order valence-electron chi connectivity index (χ3n) is 1.64. The van der Waals surface area contributed by atoms with Crippen molar-refractivity contribution in [1.29, 1.82) is 0 Å². The molecule has 0 aliphatic carbocycles. The molecule has 0 spiro atoms. The molecule has 1 amide bonds. The number of carbonyl (C=O) groups is 2. The summed E-state index contributed by atoms with van der Waals surface area (Å²) in [6.45, 7) is 0. The first-order valence-corrected chi connectivity index (χ1v) is 3.97. The number of nitrogens with one attached hydrogen (secondary N) is 1. The summed E-state index contributed by atoms with van der Waals surface area (Å²) in [5.41, 5.74) is 0.618. The second-order valence-electron chi connectivity index (χ2n) is 2.54. The molecule has 1 aromatic rings. The van der Waals surface area contributed by atoms with Crippen LogP contribution in [-0.4, -0.2) is 24.5 Å². The number of hydrogen-bond donors (Lipinski definition) is 1. The second-order valence-corrected chi connectivity index (χ2v) is 2.54. The smallest absolute Gasteiger partial charge is 0.407 e. The summed E-state index contributed by atoms with van der Waals surface area (Å²) >= 11 is 0. The molecular formula is C9H10N2O3. The van der Waals surface area contributed by atoms with Crippen LogP contribution >= 0.6 is 0 Å². The van der Waals surface area contributed by atoms with Crippen LogP contribution in [-0.2, 0) is 9.53 Å². The van der Waals surface area contributed by atoms with Gasteiger partial charge in [0.2, 0.25) is 0 Å². The van der Waals surface area contributed by atoms with E-state index < -0.39 is 12.1 Å². The van der Waals surface area contributed by atoms with Crippen LogP contribution in [0.2, 0.25) is 0 Å². The number of aromatic nitrogens is 1. The number of methoxy groups -OCH3 is 1. The molecule has 14 heavy (non-hydrogen) atoms. The molecule has 74 valence electrons. The molecule has 0 saturated carbocycles.